The molecule has 0 heterocycles. The molecular formula is C17H15F2NO. The summed E-state index contributed by atoms with van der Waals surface area (Å²) in [4.78, 5) is 0. The van der Waals surface area contributed by atoms with Crippen molar-refractivity contribution >= 4 is 5.69 Å². The molecule has 0 aliphatic rings. The van der Waals surface area contributed by atoms with Crippen LogP contribution in [-0.4, -0.2) is 6.61 Å². The van der Waals surface area contributed by atoms with E-state index in [1.165, 1.54) is 13.0 Å². The van der Waals surface area contributed by atoms with E-state index in [9.17, 15) is 8.78 Å². The molecule has 0 amide bonds. The number of hydrogen-bond donors (Lipinski definition) is 1. The summed E-state index contributed by atoms with van der Waals surface area (Å²) in [5.41, 5.74) is 1.20. The van der Waals surface area contributed by atoms with Crippen molar-refractivity contribution in [2.75, 3.05) is 11.9 Å². The second-order valence-electron chi connectivity index (χ2n) is 4.54. The molecule has 0 fully saturated rings. The summed E-state index contributed by atoms with van der Waals surface area (Å²) >= 11 is 0. The van der Waals surface area contributed by atoms with Crippen LogP contribution in [0.5, 0.6) is 5.75 Å². The summed E-state index contributed by atoms with van der Waals surface area (Å²) < 4.78 is 32.6. The summed E-state index contributed by atoms with van der Waals surface area (Å²) in [5, 5.41) is 2.87. The molecule has 0 spiro atoms. The van der Waals surface area contributed by atoms with Crippen molar-refractivity contribution in [2.24, 2.45) is 0 Å². The van der Waals surface area contributed by atoms with E-state index in [0.717, 1.165) is 11.6 Å². The smallest absolute Gasteiger partial charge is 0.148 e. The summed E-state index contributed by atoms with van der Waals surface area (Å²) in [6.45, 7) is 1.98. The highest BCUT2D eigenvalue weighted by Crippen LogP contribution is 2.22. The van der Waals surface area contributed by atoms with Gasteiger partial charge in [-0.3, -0.25) is 0 Å². The lowest BCUT2D eigenvalue weighted by Gasteiger charge is -2.12. The Balaban J connectivity index is 2.13. The third kappa shape index (κ3) is 3.73. The molecule has 0 unspecified atom stereocenters. The molecule has 0 aliphatic heterocycles. The van der Waals surface area contributed by atoms with Gasteiger partial charge in [-0.15, -0.1) is 6.42 Å². The molecule has 0 atom stereocenters. The van der Waals surface area contributed by atoms with Crippen LogP contribution in [0, 0.1) is 30.9 Å². The fourth-order valence-corrected chi connectivity index (χ4v) is 1.88. The fraction of sp³-hybridized carbons (Fsp3) is 0.176. The second-order valence-corrected chi connectivity index (χ2v) is 4.54. The molecule has 0 bridgehead atoms. The predicted octanol–water partition coefficient (Wildman–Crippen LogP) is 3.90. The molecule has 0 radical (unpaired) electrons. The van der Waals surface area contributed by atoms with Crippen molar-refractivity contribution in [1.29, 1.82) is 0 Å². The summed E-state index contributed by atoms with van der Waals surface area (Å²) in [5.74, 6) is 2.07. The lowest BCUT2D eigenvalue weighted by Crippen LogP contribution is -2.05. The normalized spacial score (nSPS) is 10.0. The maximum atomic E-state index is 13.7. The van der Waals surface area contributed by atoms with Crippen LogP contribution in [0.25, 0.3) is 0 Å². The van der Waals surface area contributed by atoms with Crippen LogP contribution in [0.4, 0.5) is 14.5 Å². The van der Waals surface area contributed by atoms with E-state index in [-0.39, 0.29) is 17.9 Å². The Morgan fingerprint density at radius 2 is 1.95 bits per heavy atom. The number of benzene rings is 2. The summed E-state index contributed by atoms with van der Waals surface area (Å²) in [7, 11) is 0. The van der Waals surface area contributed by atoms with Crippen molar-refractivity contribution in [1.82, 2.24) is 0 Å². The van der Waals surface area contributed by atoms with Crippen LogP contribution in [0.1, 0.15) is 11.1 Å². The monoisotopic (exact) mass is 287 g/mol. The maximum absolute atomic E-state index is 13.7. The van der Waals surface area contributed by atoms with Crippen molar-refractivity contribution < 1.29 is 13.5 Å². The predicted molar refractivity (Wildman–Crippen MR) is 79.2 cm³/mol. The van der Waals surface area contributed by atoms with Gasteiger partial charge in [0.15, 0.2) is 0 Å². The Kier molecular flexibility index (Phi) is 4.78. The highest BCUT2D eigenvalue weighted by molar-refractivity contribution is 5.48. The van der Waals surface area contributed by atoms with Crippen molar-refractivity contribution in [3.63, 3.8) is 0 Å². The Bertz CT molecular complexity index is 677. The Hall–Kier alpha value is -2.54. The largest absolute Gasteiger partial charge is 0.481 e. The Labute approximate surface area is 122 Å². The molecule has 21 heavy (non-hydrogen) atoms. The number of rotatable bonds is 5. The molecule has 2 aromatic rings. The number of nitrogens with one attached hydrogen (secondary N) is 1. The molecule has 0 saturated heterocycles. The van der Waals surface area contributed by atoms with Crippen molar-refractivity contribution in [2.45, 2.75) is 13.5 Å². The topological polar surface area (TPSA) is 21.3 Å². The number of anilines is 1. The van der Waals surface area contributed by atoms with Crippen LogP contribution in [0.15, 0.2) is 36.4 Å². The first-order valence-electron chi connectivity index (χ1n) is 6.45. The lowest BCUT2D eigenvalue weighted by molar-refractivity contribution is 0.366. The first-order chi connectivity index (χ1) is 10.1. The van der Waals surface area contributed by atoms with Crippen LogP contribution >= 0.6 is 0 Å². The van der Waals surface area contributed by atoms with E-state index in [1.807, 2.05) is 18.2 Å². The number of ether oxygens (including phenoxy) is 1. The van der Waals surface area contributed by atoms with E-state index in [0.29, 0.717) is 12.3 Å². The molecular weight excluding hydrogens is 272 g/mol. The third-order valence-electron chi connectivity index (χ3n) is 3.00. The average Bonchev–Trinajstić information content (AvgIpc) is 2.48. The quantitative estimate of drug-likeness (QED) is 0.842. The van der Waals surface area contributed by atoms with Crippen LogP contribution in [0.3, 0.4) is 0 Å². The van der Waals surface area contributed by atoms with Crippen molar-refractivity contribution in [3.8, 4) is 18.1 Å². The molecule has 2 nitrogen and oxygen atoms in total. The van der Waals surface area contributed by atoms with E-state index in [2.05, 4.69) is 11.2 Å². The SMILES string of the molecule is C#CCOc1ccccc1CNc1cc(F)c(C)cc1F. The van der Waals surface area contributed by atoms with Gasteiger partial charge in [-0.1, -0.05) is 24.1 Å². The zero-order valence-corrected chi connectivity index (χ0v) is 11.6. The first kappa shape index (κ1) is 14.9. The average molecular weight is 287 g/mol. The molecule has 2 aromatic carbocycles. The van der Waals surface area contributed by atoms with Gasteiger partial charge >= 0.3 is 0 Å². The van der Waals surface area contributed by atoms with Gasteiger partial charge in [0.2, 0.25) is 0 Å². The van der Waals surface area contributed by atoms with E-state index >= 15 is 0 Å². The third-order valence-corrected chi connectivity index (χ3v) is 3.00. The molecule has 1 N–H and O–H groups in total. The van der Waals surface area contributed by atoms with E-state index in [4.69, 9.17) is 11.2 Å². The van der Waals surface area contributed by atoms with Gasteiger partial charge in [0.05, 0.1) is 5.69 Å². The van der Waals surface area contributed by atoms with Crippen LogP contribution in [-0.2, 0) is 6.54 Å². The number of terminal acetylenes is 1. The van der Waals surface area contributed by atoms with Gasteiger partial charge in [0, 0.05) is 18.2 Å². The Morgan fingerprint density at radius 3 is 2.71 bits per heavy atom. The van der Waals surface area contributed by atoms with Crippen LogP contribution < -0.4 is 10.1 Å². The lowest BCUT2D eigenvalue weighted by atomic mass is 10.1. The van der Waals surface area contributed by atoms with Gasteiger partial charge in [-0.05, 0) is 24.6 Å². The number of para-hydroxylation sites is 1. The van der Waals surface area contributed by atoms with Gasteiger partial charge in [0.1, 0.15) is 24.0 Å². The zero-order chi connectivity index (χ0) is 15.2. The van der Waals surface area contributed by atoms with Crippen LogP contribution in [0.2, 0.25) is 0 Å². The van der Waals surface area contributed by atoms with E-state index in [1.54, 1.807) is 6.07 Å². The minimum atomic E-state index is -0.490. The zero-order valence-electron chi connectivity index (χ0n) is 11.6. The number of aryl methyl sites for hydroxylation is 1. The summed E-state index contributed by atoms with van der Waals surface area (Å²) in [6, 6.07) is 9.59. The molecule has 108 valence electrons. The molecule has 4 heteroatoms. The summed E-state index contributed by atoms with van der Waals surface area (Å²) in [6.07, 6.45) is 5.16. The Morgan fingerprint density at radius 1 is 1.19 bits per heavy atom. The standard InChI is InChI=1S/C17H15F2NO/c1-3-8-21-17-7-5-4-6-13(17)11-20-16-10-14(18)12(2)9-15(16)19/h1,4-7,9-10,20H,8,11H2,2H3. The minimum Gasteiger partial charge on any atom is -0.481 e. The highest BCUT2D eigenvalue weighted by Gasteiger charge is 2.08. The van der Waals surface area contributed by atoms with E-state index < -0.39 is 11.6 Å². The van der Waals surface area contributed by atoms with Gasteiger partial charge in [0.25, 0.3) is 0 Å². The molecule has 0 aromatic heterocycles. The number of halogens is 2. The van der Waals surface area contributed by atoms with Crippen molar-refractivity contribution in [3.05, 3.63) is 59.2 Å². The second kappa shape index (κ2) is 6.76. The molecule has 2 rings (SSSR count). The van der Waals surface area contributed by atoms with Gasteiger partial charge < -0.3 is 10.1 Å². The maximum Gasteiger partial charge on any atom is 0.148 e. The van der Waals surface area contributed by atoms with Gasteiger partial charge in [-0.25, -0.2) is 8.78 Å². The number of hydrogen-bond acceptors (Lipinski definition) is 2. The molecule has 0 aliphatic carbocycles. The van der Waals surface area contributed by atoms with Gasteiger partial charge in [-0.2, -0.15) is 0 Å². The first-order valence-corrected chi connectivity index (χ1v) is 6.45. The fourth-order valence-electron chi connectivity index (χ4n) is 1.88. The highest BCUT2D eigenvalue weighted by atomic mass is 19.1. The minimum absolute atomic E-state index is 0.116. The molecule has 0 saturated carbocycles.